The lowest BCUT2D eigenvalue weighted by Gasteiger charge is -2.07. The number of halogens is 2. The molecule has 17 heavy (non-hydrogen) atoms. The summed E-state index contributed by atoms with van der Waals surface area (Å²) in [5, 5.41) is 0. The lowest BCUT2D eigenvalue weighted by atomic mass is 10.1. The highest BCUT2D eigenvalue weighted by Crippen LogP contribution is 2.13. The third-order valence-corrected chi connectivity index (χ3v) is 1.78. The van der Waals surface area contributed by atoms with E-state index in [0.717, 1.165) is 11.1 Å². The van der Waals surface area contributed by atoms with Gasteiger partial charge in [-0.05, 0) is 17.7 Å². The van der Waals surface area contributed by atoms with Crippen molar-refractivity contribution in [1.82, 2.24) is 9.88 Å². The van der Waals surface area contributed by atoms with Crippen molar-refractivity contribution in [3.05, 3.63) is 42.4 Å². The molecule has 0 fully saturated rings. The minimum atomic E-state index is 0. The van der Waals surface area contributed by atoms with Gasteiger partial charge in [-0.15, -0.1) is 12.4 Å². The zero-order valence-corrected chi connectivity index (χ0v) is 11.7. The molecule has 94 valence electrons. The lowest BCUT2D eigenvalue weighted by Crippen LogP contribution is -3.00. The van der Waals surface area contributed by atoms with Gasteiger partial charge >= 0.3 is 0 Å². The first-order valence-electron chi connectivity index (χ1n) is 4.78. The van der Waals surface area contributed by atoms with Gasteiger partial charge in [-0.3, -0.25) is 4.98 Å². The third kappa shape index (κ3) is 6.80. The zero-order chi connectivity index (χ0) is 11.1. The number of allylic oxidation sites excluding steroid dienone is 2. The van der Waals surface area contributed by atoms with Crippen LogP contribution in [0.2, 0.25) is 0 Å². The van der Waals surface area contributed by atoms with Crippen molar-refractivity contribution in [2.75, 3.05) is 21.1 Å². The van der Waals surface area contributed by atoms with E-state index in [-0.39, 0.29) is 24.8 Å². The fourth-order valence-electron chi connectivity index (χ4n) is 1.17. The summed E-state index contributed by atoms with van der Waals surface area (Å²) in [6, 6.07) is 3.95. The van der Waals surface area contributed by atoms with E-state index < -0.39 is 0 Å². The Hall–Kier alpha value is -1.28. The Morgan fingerprint density at radius 1 is 1.35 bits per heavy atom. The number of hydrogen-bond acceptors (Lipinski definition) is 2. The first-order chi connectivity index (χ1) is 7.24. The van der Waals surface area contributed by atoms with Crippen LogP contribution < -0.4 is 17.4 Å². The van der Waals surface area contributed by atoms with Crippen LogP contribution in [0.5, 0.6) is 0 Å². The van der Waals surface area contributed by atoms with Gasteiger partial charge in [-0.2, -0.15) is 0 Å². The summed E-state index contributed by atoms with van der Waals surface area (Å²) in [4.78, 5) is 8.86. The molecular formula is C12H17Cl2N3. The maximum absolute atomic E-state index is 4.00. The quantitative estimate of drug-likeness (QED) is 0.482. The SMILES string of the molecule is C[NH+]=C=C/C(=C/N(C)C)c1ccncc1.Cl.[Cl-]. The Balaban J connectivity index is 0. The molecule has 0 amide bonds. The molecule has 1 aromatic heterocycles. The molecule has 1 rings (SSSR count). The summed E-state index contributed by atoms with van der Waals surface area (Å²) in [6.07, 6.45) is 7.52. The van der Waals surface area contributed by atoms with Crippen molar-refractivity contribution in [3.63, 3.8) is 0 Å². The van der Waals surface area contributed by atoms with Gasteiger partial charge in [-0.25, -0.2) is 4.99 Å². The Morgan fingerprint density at radius 2 is 1.94 bits per heavy atom. The van der Waals surface area contributed by atoms with Crippen LogP contribution in [0.15, 0.2) is 36.8 Å². The lowest BCUT2D eigenvalue weighted by molar-refractivity contribution is -0.411. The standard InChI is InChI=1S/C12H15N3.2ClH/c1-13-7-4-12(10-15(2)3)11-5-8-14-9-6-11;;/h4-6,8-10H,1-3H3;2*1H/b12-10-;;. The molecule has 0 atom stereocenters. The first kappa shape index (κ1) is 18.1. The molecule has 3 nitrogen and oxygen atoms in total. The van der Waals surface area contributed by atoms with Crippen LogP contribution in [-0.4, -0.2) is 36.9 Å². The van der Waals surface area contributed by atoms with Crippen molar-refractivity contribution in [1.29, 1.82) is 0 Å². The molecule has 0 bridgehead atoms. The fourth-order valence-corrected chi connectivity index (χ4v) is 1.17. The summed E-state index contributed by atoms with van der Waals surface area (Å²) >= 11 is 0. The van der Waals surface area contributed by atoms with Crippen LogP contribution in [0.3, 0.4) is 0 Å². The molecule has 0 aliphatic heterocycles. The molecule has 0 aromatic carbocycles. The average molecular weight is 274 g/mol. The van der Waals surface area contributed by atoms with E-state index in [2.05, 4.69) is 15.8 Å². The van der Waals surface area contributed by atoms with Gasteiger partial charge in [0, 0.05) is 38.3 Å². The monoisotopic (exact) mass is 273 g/mol. The van der Waals surface area contributed by atoms with Crippen molar-refractivity contribution in [3.8, 4) is 0 Å². The second-order valence-corrected chi connectivity index (χ2v) is 3.32. The van der Waals surface area contributed by atoms with Gasteiger partial charge in [0.05, 0.1) is 6.08 Å². The molecule has 1 N–H and O–H groups in total. The molecule has 0 saturated carbocycles. The largest absolute Gasteiger partial charge is 1.00 e. The van der Waals surface area contributed by atoms with Crippen LogP contribution >= 0.6 is 12.4 Å². The van der Waals surface area contributed by atoms with E-state index in [4.69, 9.17) is 0 Å². The van der Waals surface area contributed by atoms with Gasteiger partial charge in [-0.1, -0.05) is 0 Å². The van der Waals surface area contributed by atoms with Crippen molar-refractivity contribution in [2.24, 2.45) is 0 Å². The molecule has 0 aliphatic rings. The minimum absolute atomic E-state index is 0. The van der Waals surface area contributed by atoms with Gasteiger partial charge in [0.25, 0.3) is 0 Å². The van der Waals surface area contributed by atoms with E-state index in [1.165, 1.54) is 0 Å². The second-order valence-electron chi connectivity index (χ2n) is 3.32. The smallest absolute Gasteiger partial charge is 0.165 e. The highest BCUT2D eigenvalue weighted by Gasteiger charge is 1.98. The van der Waals surface area contributed by atoms with Gasteiger partial charge in [0.15, 0.2) is 5.87 Å². The Kier molecular flexibility index (Phi) is 10.6. The zero-order valence-electron chi connectivity index (χ0n) is 10.1. The van der Waals surface area contributed by atoms with E-state index in [1.807, 2.05) is 50.5 Å². The molecule has 0 unspecified atom stereocenters. The number of hydrogen-bond donors (Lipinski definition) is 1. The van der Waals surface area contributed by atoms with Gasteiger partial charge in [0.2, 0.25) is 0 Å². The number of nitrogens with one attached hydrogen (secondary N) is 1. The molecule has 0 aliphatic carbocycles. The highest BCUT2D eigenvalue weighted by atomic mass is 35.5. The summed E-state index contributed by atoms with van der Waals surface area (Å²) in [5.41, 5.74) is 2.22. The van der Waals surface area contributed by atoms with Crippen LogP contribution in [0, 0.1) is 0 Å². The minimum Gasteiger partial charge on any atom is -1.00 e. The topological polar surface area (TPSA) is 30.1 Å². The molecule has 0 saturated heterocycles. The second kappa shape index (κ2) is 9.91. The van der Waals surface area contributed by atoms with Gasteiger partial charge < -0.3 is 17.3 Å². The van der Waals surface area contributed by atoms with Crippen molar-refractivity contribution >= 4 is 23.8 Å². The maximum Gasteiger partial charge on any atom is 0.165 e. The average Bonchev–Trinajstić information content (AvgIpc) is 2.25. The Labute approximate surface area is 115 Å². The highest BCUT2D eigenvalue weighted by molar-refractivity contribution is 5.85. The molecule has 0 radical (unpaired) electrons. The summed E-state index contributed by atoms with van der Waals surface area (Å²) in [5.74, 6) is 2.96. The number of aromatic nitrogens is 1. The number of nitrogens with zero attached hydrogens (tertiary/aromatic N) is 2. The van der Waals surface area contributed by atoms with Crippen molar-refractivity contribution < 1.29 is 17.4 Å². The van der Waals surface area contributed by atoms with Crippen LogP contribution in [0.1, 0.15) is 5.56 Å². The fraction of sp³-hybridized carbons (Fsp3) is 0.250. The summed E-state index contributed by atoms with van der Waals surface area (Å²) in [7, 11) is 5.82. The van der Waals surface area contributed by atoms with Crippen LogP contribution in [0.25, 0.3) is 5.57 Å². The normalized spacial score (nSPS) is 9.24. The molecule has 5 heteroatoms. The van der Waals surface area contributed by atoms with Gasteiger partial charge in [0.1, 0.15) is 7.05 Å². The summed E-state index contributed by atoms with van der Waals surface area (Å²) < 4.78 is 0. The molecule has 1 aromatic rings. The van der Waals surface area contributed by atoms with Crippen LogP contribution in [-0.2, 0) is 0 Å². The van der Waals surface area contributed by atoms with Crippen LogP contribution in [0.4, 0.5) is 0 Å². The first-order valence-corrected chi connectivity index (χ1v) is 4.78. The predicted molar refractivity (Wildman–Crippen MR) is 69.6 cm³/mol. The van der Waals surface area contributed by atoms with E-state index in [9.17, 15) is 0 Å². The number of pyridine rings is 1. The van der Waals surface area contributed by atoms with E-state index in [1.54, 1.807) is 12.4 Å². The maximum atomic E-state index is 4.00. The molecular weight excluding hydrogens is 257 g/mol. The molecule has 1 heterocycles. The third-order valence-electron chi connectivity index (χ3n) is 1.78. The van der Waals surface area contributed by atoms with E-state index in [0.29, 0.717) is 0 Å². The Morgan fingerprint density at radius 3 is 2.41 bits per heavy atom. The predicted octanol–water partition coefficient (Wildman–Crippen LogP) is -2.65. The number of rotatable bonds is 3. The van der Waals surface area contributed by atoms with Crippen molar-refractivity contribution in [2.45, 2.75) is 0 Å². The molecule has 0 spiro atoms. The van der Waals surface area contributed by atoms with E-state index >= 15 is 0 Å². The Bertz CT molecular complexity index is 393. The summed E-state index contributed by atoms with van der Waals surface area (Å²) in [6.45, 7) is 0.